The molecule has 0 aliphatic heterocycles. The second kappa shape index (κ2) is 14.5. The van der Waals surface area contributed by atoms with Crippen LogP contribution in [-0.4, -0.2) is 59.4 Å². The Hall–Kier alpha value is -1.67. The van der Waals surface area contributed by atoms with Gasteiger partial charge >= 0.3 is 5.97 Å². The number of hydrogen-bond donors (Lipinski definition) is 2. The Bertz CT molecular complexity index is 750. The van der Waals surface area contributed by atoms with E-state index in [-0.39, 0.29) is 30.0 Å². The molecule has 2 N–H and O–H groups in total. The van der Waals surface area contributed by atoms with E-state index in [2.05, 4.69) is 4.74 Å². The average molecular weight is 465 g/mol. The molecule has 1 fully saturated rings. The summed E-state index contributed by atoms with van der Waals surface area (Å²) in [5, 5.41) is 20.8. The molecule has 0 aromatic heterocycles. The second-order valence-corrected chi connectivity index (χ2v) is 9.34. The zero-order chi connectivity index (χ0) is 23.3. The number of esters is 1. The first-order valence-electron chi connectivity index (χ1n) is 11.3. The number of aliphatic hydroxyl groups is 2. The van der Waals surface area contributed by atoms with Gasteiger partial charge < -0.3 is 19.7 Å². The Morgan fingerprint density at radius 3 is 2.84 bits per heavy atom. The fraction of sp³-hybridized carbons (Fsp3) is 0.600. The predicted molar refractivity (Wildman–Crippen MR) is 126 cm³/mol. The van der Waals surface area contributed by atoms with Crippen molar-refractivity contribution in [3.05, 3.63) is 47.5 Å². The van der Waals surface area contributed by atoms with Crippen LogP contribution in [0.5, 0.6) is 0 Å². The van der Waals surface area contributed by atoms with Crippen molar-refractivity contribution in [3.8, 4) is 0 Å². The van der Waals surface area contributed by atoms with Crippen LogP contribution >= 0.6 is 11.8 Å². The largest absolute Gasteiger partial charge is 0.469 e. The minimum absolute atomic E-state index is 0.0837. The number of Topliss-reactive ketones (excluding diaryl/α,β-unsaturated/α-hetero) is 1. The number of carbonyl (C=O) groups excluding carboxylic acids is 2. The molecule has 0 bridgehead atoms. The Morgan fingerprint density at radius 2 is 2.09 bits per heavy atom. The molecular formula is C25H36O6S. The molecule has 0 heterocycles. The Labute approximate surface area is 195 Å². The van der Waals surface area contributed by atoms with E-state index < -0.39 is 12.2 Å². The maximum absolute atomic E-state index is 12.4. The lowest BCUT2D eigenvalue weighted by Gasteiger charge is -2.18. The number of aliphatic hydroxyl groups excluding tert-OH is 2. The third kappa shape index (κ3) is 9.06. The molecule has 0 amide bonds. The van der Waals surface area contributed by atoms with Crippen molar-refractivity contribution < 1.29 is 29.3 Å². The molecule has 1 saturated carbocycles. The number of rotatable bonds is 14. The maximum atomic E-state index is 12.4. The van der Waals surface area contributed by atoms with E-state index in [9.17, 15) is 19.8 Å². The molecule has 6 nitrogen and oxygen atoms in total. The molecule has 32 heavy (non-hydrogen) atoms. The number of ether oxygens (including phenoxy) is 2. The average Bonchev–Trinajstić information content (AvgIpc) is 3.05. The van der Waals surface area contributed by atoms with Crippen LogP contribution in [-0.2, 0) is 32.1 Å². The van der Waals surface area contributed by atoms with E-state index in [0.29, 0.717) is 32.5 Å². The van der Waals surface area contributed by atoms with E-state index in [1.807, 2.05) is 37.3 Å². The second-order valence-electron chi connectivity index (χ2n) is 8.12. The molecule has 0 saturated heterocycles. The maximum Gasteiger partial charge on any atom is 0.305 e. The lowest BCUT2D eigenvalue weighted by Crippen LogP contribution is -2.20. The molecule has 0 spiro atoms. The van der Waals surface area contributed by atoms with Crippen molar-refractivity contribution in [1.29, 1.82) is 0 Å². The number of ketones is 1. The van der Waals surface area contributed by atoms with Crippen molar-refractivity contribution in [2.75, 3.05) is 25.2 Å². The summed E-state index contributed by atoms with van der Waals surface area (Å²) in [6.45, 7) is 3.16. The molecule has 1 aromatic carbocycles. The van der Waals surface area contributed by atoms with Gasteiger partial charge in [0, 0.05) is 37.7 Å². The summed E-state index contributed by atoms with van der Waals surface area (Å²) < 4.78 is 10.1. The summed E-state index contributed by atoms with van der Waals surface area (Å²) in [5.41, 5.74) is 2.09. The van der Waals surface area contributed by atoms with Crippen LogP contribution in [0.1, 0.15) is 43.7 Å². The lowest BCUT2D eigenvalue weighted by atomic mass is 9.91. The molecule has 1 aliphatic rings. The molecule has 0 radical (unpaired) electrons. The SMILES string of the molecule is CCOCc1cccc(C[C@H](O)/C=C/[C@H]2[C@H](O)CC(=O)[C@@H]2CCSCCCC(=O)OC)c1. The van der Waals surface area contributed by atoms with Crippen LogP contribution in [0.15, 0.2) is 36.4 Å². The fourth-order valence-electron chi connectivity index (χ4n) is 3.96. The Morgan fingerprint density at radius 1 is 1.31 bits per heavy atom. The summed E-state index contributed by atoms with van der Waals surface area (Å²) in [6, 6.07) is 7.96. The molecule has 4 atom stereocenters. The van der Waals surface area contributed by atoms with E-state index in [0.717, 1.165) is 29.1 Å². The highest BCUT2D eigenvalue weighted by atomic mass is 32.2. The van der Waals surface area contributed by atoms with Crippen molar-refractivity contribution in [1.82, 2.24) is 0 Å². The van der Waals surface area contributed by atoms with Gasteiger partial charge in [-0.25, -0.2) is 0 Å². The Kier molecular flexibility index (Phi) is 12.0. The molecule has 2 rings (SSSR count). The highest BCUT2D eigenvalue weighted by Gasteiger charge is 2.39. The minimum Gasteiger partial charge on any atom is -0.469 e. The van der Waals surface area contributed by atoms with Gasteiger partial charge in [0.25, 0.3) is 0 Å². The van der Waals surface area contributed by atoms with E-state index >= 15 is 0 Å². The molecule has 1 aromatic rings. The standard InChI is InChI=1S/C25H36O6S/c1-3-31-17-19-7-4-6-18(14-19)15-20(26)9-10-21-22(24(28)16-23(21)27)11-13-32-12-5-8-25(29)30-2/h4,6-7,9-10,14,20-23,26-27H,3,5,8,11-13,15-17H2,1-2H3/b10-9+/t20-,21-,22-,23-/m1/s1. The van der Waals surface area contributed by atoms with Crippen molar-refractivity contribution in [2.45, 2.75) is 57.8 Å². The lowest BCUT2D eigenvalue weighted by molar-refractivity contribution is -0.140. The van der Waals surface area contributed by atoms with E-state index in [4.69, 9.17) is 4.74 Å². The number of thioether (sulfide) groups is 1. The zero-order valence-corrected chi connectivity index (χ0v) is 19.9. The monoisotopic (exact) mass is 464 g/mol. The highest BCUT2D eigenvalue weighted by molar-refractivity contribution is 7.99. The topological polar surface area (TPSA) is 93.1 Å². The summed E-state index contributed by atoms with van der Waals surface area (Å²) in [7, 11) is 1.39. The summed E-state index contributed by atoms with van der Waals surface area (Å²) in [5.74, 6) is 1.02. The van der Waals surface area contributed by atoms with Crippen LogP contribution in [0.25, 0.3) is 0 Å². The molecule has 178 valence electrons. The van der Waals surface area contributed by atoms with Gasteiger partial charge in [-0.15, -0.1) is 0 Å². The number of hydrogen-bond acceptors (Lipinski definition) is 7. The van der Waals surface area contributed by atoms with Gasteiger partial charge in [0.05, 0.1) is 25.9 Å². The van der Waals surface area contributed by atoms with Gasteiger partial charge in [0.2, 0.25) is 0 Å². The van der Waals surface area contributed by atoms with Crippen molar-refractivity contribution >= 4 is 23.5 Å². The van der Waals surface area contributed by atoms with Crippen LogP contribution in [0.2, 0.25) is 0 Å². The van der Waals surface area contributed by atoms with Crippen LogP contribution < -0.4 is 0 Å². The first-order valence-corrected chi connectivity index (χ1v) is 12.5. The van der Waals surface area contributed by atoms with Crippen molar-refractivity contribution in [3.63, 3.8) is 0 Å². The summed E-state index contributed by atoms with van der Waals surface area (Å²) in [6.07, 6.45) is 4.61. The zero-order valence-electron chi connectivity index (χ0n) is 19.1. The third-order valence-corrected chi connectivity index (χ3v) is 6.77. The van der Waals surface area contributed by atoms with Crippen LogP contribution in [0, 0.1) is 11.8 Å². The highest BCUT2D eigenvalue weighted by Crippen LogP contribution is 2.34. The van der Waals surface area contributed by atoms with Gasteiger partial charge in [0.1, 0.15) is 5.78 Å². The molecule has 0 unspecified atom stereocenters. The van der Waals surface area contributed by atoms with Gasteiger partial charge in [0.15, 0.2) is 0 Å². The first-order chi connectivity index (χ1) is 15.4. The molecular weight excluding hydrogens is 428 g/mol. The number of methoxy groups -OCH3 is 1. The fourth-order valence-corrected chi connectivity index (χ4v) is 4.93. The van der Waals surface area contributed by atoms with Gasteiger partial charge in [-0.3, -0.25) is 9.59 Å². The minimum atomic E-state index is -0.699. The normalized spacial score (nSPS) is 21.9. The number of benzene rings is 1. The summed E-state index contributed by atoms with van der Waals surface area (Å²) in [4.78, 5) is 23.5. The van der Waals surface area contributed by atoms with Crippen LogP contribution in [0.4, 0.5) is 0 Å². The van der Waals surface area contributed by atoms with Gasteiger partial charge in [-0.2, -0.15) is 11.8 Å². The molecule has 7 heteroatoms. The van der Waals surface area contributed by atoms with Gasteiger partial charge in [-0.1, -0.05) is 36.4 Å². The van der Waals surface area contributed by atoms with Crippen molar-refractivity contribution in [2.24, 2.45) is 11.8 Å². The summed E-state index contributed by atoms with van der Waals surface area (Å²) >= 11 is 1.71. The van der Waals surface area contributed by atoms with E-state index in [1.54, 1.807) is 17.8 Å². The number of carbonyl (C=O) groups is 2. The third-order valence-electron chi connectivity index (χ3n) is 5.67. The van der Waals surface area contributed by atoms with Crippen LogP contribution in [0.3, 0.4) is 0 Å². The first kappa shape index (κ1) is 26.6. The predicted octanol–water partition coefficient (Wildman–Crippen LogP) is 3.33. The van der Waals surface area contributed by atoms with E-state index in [1.165, 1.54) is 7.11 Å². The van der Waals surface area contributed by atoms with Gasteiger partial charge in [-0.05, 0) is 42.4 Å². The molecule has 1 aliphatic carbocycles. The Balaban J connectivity index is 1.83. The smallest absolute Gasteiger partial charge is 0.305 e. The quantitative estimate of drug-likeness (QED) is 0.248.